The van der Waals surface area contributed by atoms with Crippen LogP contribution < -0.4 is 14.8 Å². The van der Waals surface area contributed by atoms with E-state index in [0.717, 1.165) is 37.5 Å². The maximum Gasteiger partial charge on any atom is 0.229 e. The van der Waals surface area contributed by atoms with Gasteiger partial charge >= 0.3 is 0 Å². The molecule has 3 rings (SSSR count). The van der Waals surface area contributed by atoms with Crippen LogP contribution in [-0.2, 0) is 21.2 Å². The summed E-state index contributed by atoms with van der Waals surface area (Å²) in [7, 11) is -3.47. The number of benzene rings is 2. The Morgan fingerprint density at radius 2 is 1.79 bits per heavy atom. The van der Waals surface area contributed by atoms with Gasteiger partial charge in [-0.25, -0.2) is 8.42 Å². The fraction of sp³-hybridized carbons (Fsp3) is 0.409. The summed E-state index contributed by atoms with van der Waals surface area (Å²) in [6.07, 6.45) is 7.57. The standard InChI is InChI=1S/C22H28N2O4S/c1-29(26,27)24-20-16-18(13-14-21(20)28-19-10-6-3-7-11-19)23-22(25)15-12-17-8-4-2-5-9-17/h2,4-5,8-9,13-14,16,19,24H,3,6-7,10-12,15H2,1H3,(H,23,25). The van der Waals surface area contributed by atoms with Crippen molar-refractivity contribution in [2.75, 3.05) is 16.3 Å². The lowest BCUT2D eigenvalue weighted by Crippen LogP contribution is -2.21. The van der Waals surface area contributed by atoms with Crippen LogP contribution in [-0.4, -0.2) is 26.7 Å². The Labute approximate surface area is 172 Å². The summed E-state index contributed by atoms with van der Waals surface area (Å²) in [6, 6.07) is 14.9. The van der Waals surface area contributed by atoms with Gasteiger partial charge in [-0.05, 0) is 55.9 Å². The van der Waals surface area contributed by atoms with Gasteiger partial charge in [-0.2, -0.15) is 0 Å². The Morgan fingerprint density at radius 1 is 1.07 bits per heavy atom. The molecule has 0 saturated heterocycles. The highest BCUT2D eigenvalue weighted by Crippen LogP contribution is 2.32. The summed E-state index contributed by atoms with van der Waals surface area (Å²) >= 11 is 0. The van der Waals surface area contributed by atoms with Crippen LogP contribution >= 0.6 is 0 Å². The Balaban J connectivity index is 1.68. The SMILES string of the molecule is CS(=O)(=O)Nc1cc(NC(=O)CCc2ccccc2)ccc1OC1CCCCC1. The van der Waals surface area contributed by atoms with Crippen molar-refractivity contribution in [1.29, 1.82) is 0 Å². The monoisotopic (exact) mass is 416 g/mol. The van der Waals surface area contributed by atoms with Crippen molar-refractivity contribution < 1.29 is 17.9 Å². The number of aryl methyl sites for hydroxylation is 1. The molecule has 1 amide bonds. The average Bonchev–Trinajstić information content (AvgIpc) is 2.69. The van der Waals surface area contributed by atoms with Gasteiger partial charge in [-0.3, -0.25) is 9.52 Å². The number of sulfonamides is 1. The van der Waals surface area contributed by atoms with Crippen LogP contribution in [0.15, 0.2) is 48.5 Å². The highest BCUT2D eigenvalue weighted by atomic mass is 32.2. The van der Waals surface area contributed by atoms with Crippen LogP contribution in [0.25, 0.3) is 0 Å². The topological polar surface area (TPSA) is 84.5 Å². The summed E-state index contributed by atoms with van der Waals surface area (Å²) in [5.74, 6) is 0.365. The smallest absolute Gasteiger partial charge is 0.229 e. The zero-order chi connectivity index (χ0) is 20.7. The maximum absolute atomic E-state index is 12.3. The number of hydrogen-bond donors (Lipinski definition) is 2. The van der Waals surface area contributed by atoms with Crippen molar-refractivity contribution >= 4 is 27.3 Å². The molecule has 2 aromatic rings. The number of hydrogen-bond acceptors (Lipinski definition) is 4. The molecule has 1 fully saturated rings. The van der Waals surface area contributed by atoms with Crippen LogP contribution in [0.5, 0.6) is 5.75 Å². The van der Waals surface area contributed by atoms with Gasteiger partial charge in [0.25, 0.3) is 0 Å². The van der Waals surface area contributed by atoms with Gasteiger partial charge in [0, 0.05) is 12.1 Å². The molecule has 0 atom stereocenters. The molecule has 7 heteroatoms. The normalized spacial score (nSPS) is 14.9. The first-order chi connectivity index (χ1) is 13.9. The third-order valence-electron chi connectivity index (χ3n) is 4.89. The minimum Gasteiger partial charge on any atom is -0.488 e. The van der Waals surface area contributed by atoms with E-state index in [9.17, 15) is 13.2 Å². The first kappa shape index (κ1) is 21.2. The lowest BCUT2D eigenvalue weighted by molar-refractivity contribution is -0.116. The Hall–Kier alpha value is -2.54. The Morgan fingerprint density at radius 3 is 2.48 bits per heavy atom. The second-order valence-electron chi connectivity index (χ2n) is 7.50. The highest BCUT2D eigenvalue weighted by molar-refractivity contribution is 7.92. The number of rotatable bonds is 8. The van der Waals surface area contributed by atoms with Crippen LogP contribution in [0, 0.1) is 0 Å². The summed E-state index contributed by atoms with van der Waals surface area (Å²) < 4.78 is 32.1. The molecule has 29 heavy (non-hydrogen) atoms. The summed E-state index contributed by atoms with van der Waals surface area (Å²) in [6.45, 7) is 0. The number of carbonyl (C=O) groups excluding carboxylic acids is 1. The second-order valence-corrected chi connectivity index (χ2v) is 9.25. The molecule has 0 unspecified atom stereocenters. The third-order valence-corrected chi connectivity index (χ3v) is 5.48. The molecule has 0 aliphatic heterocycles. The maximum atomic E-state index is 12.3. The molecule has 2 N–H and O–H groups in total. The van der Waals surface area contributed by atoms with Gasteiger partial charge in [-0.1, -0.05) is 36.8 Å². The molecule has 0 aromatic heterocycles. The number of amides is 1. The molecule has 1 saturated carbocycles. The van der Waals surface area contributed by atoms with Crippen LogP contribution in [0.4, 0.5) is 11.4 Å². The van der Waals surface area contributed by atoms with E-state index in [4.69, 9.17) is 4.74 Å². The van der Waals surface area contributed by atoms with Crippen LogP contribution in [0.3, 0.4) is 0 Å². The van der Waals surface area contributed by atoms with Crippen molar-refractivity contribution in [2.45, 2.75) is 51.0 Å². The van der Waals surface area contributed by atoms with Crippen molar-refractivity contribution in [3.63, 3.8) is 0 Å². The van der Waals surface area contributed by atoms with Crippen molar-refractivity contribution in [3.8, 4) is 5.75 Å². The third kappa shape index (κ3) is 7.09. The Kier molecular flexibility index (Phi) is 7.14. The van der Waals surface area contributed by atoms with Crippen LogP contribution in [0.1, 0.15) is 44.1 Å². The molecule has 1 aliphatic carbocycles. The fourth-order valence-corrected chi connectivity index (χ4v) is 4.04. The van der Waals surface area contributed by atoms with Gasteiger partial charge < -0.3 is 10.1 Å². The average molecular weight is 417 g/mol. The molecule has 2 aromatic carbocycles. The molecule has 156 valence electrons. The highest BCUT2D eigenvalue weighted by Gasteiger charge is 2.18. The number of nitrogens with one attached hydrogen (secondary N) is 2. The molecule has 0 heterocycles. The van der Waals surface area contributed by atoms with E-state index in [0.29, 0.717) is 30.0 Å². The number of ether oxygens (including phenoxy) is 1. The van der Waals surface area contributed by atoms with Gasteiger partial charge in [0.2, 0.25) is 15.9 Å². The summed E-state index contributed by atoms with van der Waals surface area (Å²) in [5, 5.41) is 2.84. The molecule has 0 bridgehead atoms. The van der Waals surface area contributed by atoms with Crippen molar-refractivity contribution in [1.82, 2.24) is 0 Å². The van der Waals surface area contributed by atoms with E-state index in [1.807, 2.05) is 30.3 Å². The molecule has 0 spiro atoms. The Bertz CT molecular complexity index is 923. The van der Waals surface area contributed by atoms with E-state index < -0.39 is 10.0 Å². The van der Waals surface area contributed by atoms with Crippen molar-refractivity contribution in [2.24, 2.45) is 0 Å². The van der Waals surface area contributed by atoms with Gasteiger partial charge in [0.05, 0.1) is 18.0 Å². The van der Waals surface area contributed by atoms with Gasteiger partial charge in [0.15, 0.2) is 0 Å². The number of carbonyl (C=O) groups is 1. The van der Waals surface area contributed by atoms with E-state index in [2.05, 4.69) is 10.0 Å². The fourth-order valence-electron chi connectivity index (χ4n) is 3.48. The molecular formula is C22H28N2O4S. The quantitative estimate of drug-likeness (QED) is 0.670. The van der Waals surface area contributed by atoms with Gasteiger partial charge in [0.1, 0.15) is 5.75 Å². The predicted octanol–water partition coefficient (Wildman–Crippen LogP) is 4.34. The second kappa shape index (κ2) is 9.78. The first-order valence-corrected chi connectivity index (χ1v) is 11.9. The van der Waals surface area contributed by atoms with Crippen molar-refractivity contribution in [3.05, 3.63) is 54.1 Å². The molecule has 0 radical (unpaired) electrons. The minimum absolute atomic E-state index is 0.0928. The predicted molar refractivity (Wildman–Crippen MR) is 116 cm³/mol. The molecular weight excluding hydrogens is 388 g/mol. The molecule has 6 nitrogen and oxygen atoms in total. The zero-order valence-corrected chi connectivity index (χ0v) is 17.5. The van der Waals surface area contributed by atoms with Gasteiger partial charge in [-0.15, -0.1) is 0 Å². The summed E-state index contributed by atoms with van der Waals surface area (Å²) in [4.78, 5) is 12.3. The van der Waals surface area contributed by atoms with Crippen LogP contribution in [0.2, 0.25) is 0 Å². The first-order valence-electron chi connectivity index (χ1n) is 10.0. The minimum atomic E-state index is -3.47. The van der Waals surface area contributed by atoms with E-state index >= 15 is 0 Å². The van der Waals surface area contributed by atoms with E-state index in [1.54, 1.807) is 18.2 Å². The lowest BCUT2D eigenvalue weighted by atomic mass is 9.98. The lowest BCUT2D eigenvalue weighted by Gasteiger charge is -2.24. The number of anilines is 2. The summed E-state index contributed by atoms with van der Waals surface area (Å²) in [5.41, 5.74) is 1.97. The molecule has 1 aliphatic rings. The van der Waals surface area contributed by atoms with E-state index in [-0.39, 0.29) is 12.0 Å². The van der Waals surface area contributed by atoms with E-state index in [1.165, 1.54) is 6.42 Å². The zero-order valence-electron chi connectivity index (χ0n) is 16.7. The largest absolute Gasteiger partial charge is 0.488 e.